The van der Waals surface area contributed by atoms with Crippen LogP contribution in [0.25, 0.3) is 9.88 Å². The summed E-state index contributed by atoms with van der Waals surface area (Å²) in [6, 6.07) is 2.06. The Balaban J connectivity index is 1.44. The van der Waals surface area contributed by atoms with Crippen LogP contribution < -0.4 is 5.32 Å². The summed E-state index contributed by atoms with van der Waals surface area (Å²) < 4.78 is 1.07. The van der Waals surface area contributed by atoms with Crippen LogP contribution in [0, 0.1) is 5.92 Å². The van der Waals surface area contributed by atoms with Gasteiger partial charge in [0.15, 0.2) is 0 Å². The minimum Gasteiger partial charge on any atom is -0.355 e. The summed E-state index contributed by atoms with van der Waals surface area (Å²) in [4.78, 5) is 20.3. The first-order valence-electron chi connectivity index (χ1n) is 8.28. The zero-order valence-electron chi connectivity index (χ0n) is 13.8. The number of hydrogen-bond donors (Lipinski definition) is 1. The molecule has 2 aromatic heterocycles. The molecule has 1 unspecified atom stereocenters. The van der Waals surface area contributed by atoms with Crippen LogP contribution in [0.5, 0.6) is 0 Å². The molecule has 0 saturated carbocycles. The van der Waals surface area contributed by atoms with Gasteiger partial charge in [0.2, 0.25) is 5.91 Å². The van der Waals surface area contributed by atoms with Crippen LogP contribution in [0.3, 0.4) is 0 Å². The highest BCUT2D eigenvalue weighted by molar-refractivity contribution is 9.10. The number of likely N-dealkylation sites (tertiary alicyclic amines) is 1. The number of amides is 1. The standard InChI is InChI=1S/C17H22BrN3OS2/c1-12(9-21-4-2-3-5-21)8-19-16(22)7-14-11-24-17(20-14)15-6-13(18)10-23-15/h6,10-12H,2-5,7-9H2,1H3,(H,19,22). The van der Waals surface area contributed by atoms with E-state index in [1.807, 2.05) is 10.8 Å². The van der Waals surface area contributed by atoms with Gasteiger partial charge in [-0.3, -0.25) is 4.79 Å². The summed E-state index contributed by atoms with van der Waals surface area (Å²) in [5.74, 6) is 0.550. The van der Waals surface area contributed by atoms with Crippen molar-refractivity contribution in [2.45, 2.75) is 26.2 Å². The summed E-state index contributed by atoms with van der Waals surface area (Å²) >= 11 is 6.72. The van der Waals surface area contributed by atoms with E-state index in [1.165, 1.54) is 25.9 Å². The lowest BCUT2D eigenvalue weighted by atomic mass is 10.1. The Morgan fingerprint density at radius 2 is 2.17 bits per heavy atom. The molecule has 3 rings (SSSR count). The van der Waals surface area contributed by atoms with Crippen LogP contribution in [0.15, 0.2) is 21.3 Å². The van der Waals surface area contributed by atoms with Crippen LogP contribution >= 0.6 is 38.6 Å². The lowest BCUT2D eigenvalue weighted by Gasteiger charge is -2.20. The van der Waals surface area contributed by atoms with E-state index in [1.54, 1.807) is 22.7 Å². The molecule has 0 aliphatic carbocycles. The second-order valence-electron chi connectivity index (χ2n) is 6.37. The molecule has 1 N–H and O–H groups in total. The average molecular weight is 428 g/mol. The van der Waals surface area contributed by atoms with Gasteiger partial charge in [0.05, 0.1) is 17.0 Å². The predicted octanol–water partition coefficient (Wildman–Crippen LogP) is 4.02. The summed E-state index contributed by atoms with van der Waals surface area (Å²) in [6.07, 6.45) is 2.98. The van der Waals surface area contributed by atoms with Crippen molar-refractivity contribution in [3.8, 4) is 9.88 Å². The van der Waals surface area contributed by atoms with Crippen molar-refractivity contribution < 1.29 is 4.79 Å². The second-order valence-corrected chi connectivity index (χ2v) is 9.05. The quantitative estimate of drug-likeness (QED) is 0.725. The number of halogens is 1. The molecule has 24 heavy (non-hydrogen) atoms. The third-order valence-electron chi connectivity index (χ3n) is 4.09. The van der Waals surface area contributed by atoms with Gasteiger partial charge in [-0.2, -0.15) is 0 Å². The summed E-state index contributed by atoms with van der Waals surface area (Å²) in [5.41, 5.74) is 0.851. The molecular formula is C17H22BrN3OS2. The van der Waals surface area contributed by atoms with Crippen molar-refractivity contribution in [3.05, 3.63) is 27.0 Å². The fourth-order valence-corrected chi connectivity index (χ4v) is 5.24. The number of nitrogens with one attached hydrogen (secondary N) is 1. The molecule has 1 aliphatic heterocycles. The lowest BCUT2D eigenvalue weighted by molar-refractivity contribution is -0.120. The molecule has 2 aromatic rings. The van der Waals surface area contributed by atoms with Crippen LogP contribution in [0.2, 0.25) is 0 Å². The van der Waals surface area contributed by atoms with E-state index in [9.17, 15) is 4.79 Å². The summed E-state index contributed by atoms with van der Waals surface area (Å²) in [7, 11) is 0. The molecule has 1 amide bonds. The van der Waals surface area contributed by atoms with Crippen molar-refractivity contribution in [3.63, 3.8) is 0 Å². The van der Waals surface area contributed by atoms with Crippen molar-refractivity contribution in [1.29, 1.82) is 0 Å². The fourth-order valence-electron chi connectivity index (χ4n) is 2.91. The molecule has 0 aromatic carbocycles. The number of thiazole rings is 1. The van der Waals surface area contributed by atoms with Gasteiger partial charge >= 0.3 is 0 Å². The number of nitrogens with zero attached hydrogens (tertiary/aromatic N) is 2. The molecule has 0 spiro atoms. The third kappa shape index (κ3) is 5.12. The fraction of sp³-hybridized carbons (Fsp3) is 0.529. The summed E-state index contributed by atoms with van der Waals surface area (Å²) in [6.45, 7) is 6.43. The van der Waals surface area contributed by atoms with Gasteiger partial charge in [-0.05, 0) is 53.8 Å². The molecule has 7 heteroatoms. The van der Waals surface area contributed by atoms with Gasteiger partial charge in [-0.15, -0.1) is 22.7 Å². The molecule has 4 nitrogen and oxygen atoms in total. The van der Waals surface area contributed by atoms with E-state index in [4.69, 9.17) is 0 Å². The monoisotopic (exact) mass is 427 g/mol. The molecule has 0 bridgehead atoms. The van der Waals surface area contributed by atoms with Gasteiger partial charge in [-0.1, -0.05) is 6.92 Å². The van der Waals surface area contributed by atoms with Crippen LogP contribution in [0.4, 0.5) is 0 Å². The molecule has 130 valence electrons. The third-order valence-corrected chi connectivity index (χ3v) is 6.84. The molecule has 3 heterocycles. The number of rotatable bonds is 7. The van der Waals surface area contributed by atoms with Crippen molar-refractivity contribution in [2.75, 3.05) is 26.2 Å². The lowest BCUT2D eigenvalue weighted by Crippen LogP contribution is -2.35. The molecule has 1 atom stereocenters. The Hall–Kier alpha value is -0.760. The molecule has 1 saturated heterocycles. The van der Waals surface area contributed by atoms with Crippen molar-refractivity contribution in [2.24, 2.45) is 5.92 Å². The van der Waals surface area contributed by atoms with E-state index in [0.29, 0.717) is 12.3 Å². The van der Waals surface area contributed by atoms with Gasteiger partial charge in [0.25, 0.3) is 0 Å². The minimum atomic E-state index is 0.0625. The first-order valence-corrected chi connectivity index (χ1v) is 10.8. The maximum Gasteiger partial charge on any atom is 0.226 e. The van der Waals surface area contributed by atoms with Crippen LogP contribution in [-0.2, 0) is 11.2 Å². The average Bonchev–Trinajstić information content (AvgIpc) is 3.27. The van der Waals surface area contributed by atoms with E-state index in [0.717, 1.165) is 33.1 Å². The first kappa shape index (κ1) is 18.0. The Labute approximate surface area is 159 Å². The number of aromatic nitrogens is 1. The number of carbonyl (C=O) groups is 1. The predicted molar refractivity (Wildman–Crippen MR) is 105 cm³/mol. The number of thiophene rings is 1. The molecule has 0 radical (unpaired) electrons. The second kappa shape index (κ2) is 8.56. The van der Waals surface area contributed by atoms with Gasteiger partial charge < -0.3 is 10.2 Å². The van der Waals surface area contributed by atoms with Crippen LogP contribution in [0.1, 0.15) is 25.5 Å². The largest absolute Gasteiger partial charge is 0.355 e. The number of carbonyl (C=O) groups excluding carboxylic acids is 1. The van der Waals surface area contributed by atoms with E-state index in [2.05, 4.69) is 44.1 Å². The minimum absolute atomic E-state index is 0.0625. The van der Waals surface area contributed by atoms with Crippen molar-refractivity contribution >= 4 is 44.5 Å². The molecular weight excluding hydrogens is 406 g/mol. The summed E-state index contributed by atoms with van der Waals surface area (Å²) in [5, 5.41) is 8.06. The topological polar surface area (TPSA) is 45.2 Å². The van der Waals surface area contributed by atoms with Gasteiger partial charge in [-0.25, -0.2) is 4.98 Å². The Kier molecular flexibility index (Phi) is 6.43. The normalized spacial score (nSPS) is 16.4. The Morgan fingerprint density at radius 1 is 1.38 bits per heavy atom. The first-order chi connectivity index (χ1) is 11.6. The zero-order valence-corrected chi connectivity index (χ0v) is 17.0. The Bertz CT molecular complexity index is 679. The highest BCUT2D eigenvalue weighted by atomic mass is 79.9. The highest BCUT2D eigenvalue weighted by Gasteiger charge is 2.16. The SMILES string of the molecule is CC(CNC(=O)Cc1csc(-c2cc(Br)cs2)n1)CN1CCCC1. The van der Waals surface area contributed by atoms with E-state index >= 15 is 0 Å². The maximum absolute atomic E-state index is 12.1. The molecule has 1 fully saturated rings. The smallest absolute Gasteiger partial charge is 0.226 e. The molecule has 1 aliphatic rings. The van der Waals surface area contributed by atoms with E-state index in [-0.39, 0.29) is 5.91 Å². The van der Waals surface area contributed by atoms with Gasteiger partial charge in [0.1, 0.15) is 5.01 Å². The Morgan fingerprint density at radius 3 is 2.88 bits per heavy atom. The van der Waals surface area contributed by atoms with E-state index < -0.39 is 0 Å². The van der Waals surface area contributed by atoms with Gasteiger partial charge in [0, 0.05) is 28.3 Å². The number of hydrogen-bond acceptors (Lipinski definition) is 5. The van der Waals surface area contributed by atoms with Crippen molar-refractivity contribution in [1.82, 2.24) is 15.2 Å². The van der Waals surface area contributed by atoms with Crippen LogP contribution in [-0.4, -0.2) is 42.0 Å². The maximum atomic E-state index is 12.1. The zero-order chi connectivity index (χ0) is 16.9. The highest BCUT2D eigenvalue weighted by Crippen LogP contribution is 2.32.